The molecule has 0 aliphatic heterocycles. The fraction of sp³-hybridized carbons (Fsp3) is 0.450. The molecule has 0 rings (SSSR count). The molecule has 1 unspecified atom stereocenters. The molecule has 0 aliphatic carbocycles. The molecule has 0 heterocycles. The van der Waals surface area contributed by atoms with Gasteiger partial charge in [0.25, 0.3) is 0 Å². The Kier molecular flexibility index (Phi) is 12.7. The summed E-state index contributed by atoms with van der Waals surface area (Å²) in [6, 6.07) is 0. The fourth-order valence-electron chi connectivity index (χ4n) is 1.89. The molecule has 0 aliphatic rings. The van der Waals surface area contributed by atoms with Crippen molar-refractivity contribution in [3.8, 4) is 0 Å². The van der Waals surface area contributed by atoms with Crippen molar-refractivity contribution in [1.29, 1.82) is 0 Å². The molecule has 1 amide bonds. The van der Waals surface area contributed by atoms with E-state index in [2.05, 4.69) is 17.5 Å². The maximum atomic E-state index is 11.6. The number of hydrogen-bond acceptors (Lipinski definition) is 2. The Bertz CT molecular complexity index is 454. The molecule has 0 spiro atoms. The number of amides is 1. The van der Waals surface area contributed by atoms with E-state index in [-0.39, 0.29) is 12.5 Å². The van der Waals surface area contributed by atoms with Crippen molar-refractivity contribution in [1.82, 2.24) is 5.32 Å². The van der Waals surface area contributed by atoms with Crippen LogP contribution >= 0.6 is 0 Å². The normalized spacial score (nSPS) is 15.5. The van der Waals surface area contributed by atoms with E-state index < -0.39 is 5.60 Å². The first kappa shape index (κ1) is 21.1. The van der Waals surface area contributed by atoms with Crippen LogP contribution in [0.15, 0.2) is 60.8 Å². The molecule has 0 bridgehead atoms. The highest BCUT2D eigenvalue weighted by Crippen LogP contribution is 2.09. The highest BCUT2D eigenvalue weighted by molar-refractivity contribution is 5.87. The number of unbranched alkanes of at least 4 members (excludes halogenated alkanes) is 1. The van der Waals surface area contributed by atoms with Crippen LogP contribution in [0.25, 0.3) is 0 Å². The van der Waals surface area contributed by atoms with Gasteiger partial charge in [-0.3, -0.25) is 4.79 Å². The van der Waals surface area contributed by atoms with Gasteiger partial charge in [-0.15, -0.1) is 0 Å². The zero-order valence-electron chi connectivity index (χ0n) is 14.7. The Balaban J connectivity index is 3.88. The van der Waals surface area contributed by atoms with Crippen LogP contribution in [0.2, 0.25) is 0 Å². The van der Waals surface area contributed by atoms with Gasteiger partial charge in [-0.2, -0.15) is 0 Å². The fourth-order valence-corrected chi connectivity index (χ4v) is 1.89. The Morgan fingerprint density at radius 1 is 1.04 bits per heavy atom. The molecule has 0 radical (unpaired) electrons. The van der Waals surface area contributed by atoms with Gasteiger partial charge in [-0.1, -0.05) is 68.0 Å². The average molecular weight is 317 g/mol. The van der Waals surface area contributed by atoms with Crippen LogP contribution in [-0.4, -0.2) is 23.2 Å². The van der Waals surface area contributed by atoms with Gasteiger partial charge >= 0.3 is 0 Å². The molecular formula is C20H31NO2. The molecule has 0 fully saturated rings. The van der Waals surface area contributed by atoms with E-state index in [1.807, 2.05) is 50.3 Å². The van der Waals surface area contributed by atoms with Crippen molar-refractivity contribution >= 4 is 5.91 Å². The van der Waals surface area contributed by atoms with Crippen molar-refractivity contribution in [3.05, 3.63) is 60.8 Å². The minimum atomic E-state index is -0.835. The summed E-state index contributed by atoms with van der Waals surface area (Å²) in [5, 5.41) is 12.7. The SMILES string of the molecule is CC=CC=CCCC=CC=CC=CC(=O)NCC(C)(O)CCC. The predicted molar refractivity (Wildman–Crippen MR) is 99.1 cm³/mol. The lowest BCUT2D eigenvalue weighted by Gasteiger charge is -2.22. The molecular weight excluding hydrogens is 286 g/mol. The molecule has 0 saturated heterocycles. The van der Waals surface area contributed by atoms with Gasteiger partial charge in [-0.25, -0.2) is 0 Å². The van der Waals surface area contributed by atoms with Crippen LogP contribution in [0.4, 0.5) is 0 Å². The summed E-state index contributed by atoms with van der Waals surface area (Å²) < 4.78 is 0. The number of allylic oxidation sites excluding steroid dienone is 9. The summed E-state index contributed by atoms with van der Waals surface area (Å²) in [5.74, 6) is -0.191. The topological polar surface area (TPSA) is 49.3 Å². The molecule has 0 aromatic heterocycles. The number of carbonyl (C=O) groups excluding carboxylic acids is 1. The van der Waals surface area contributed by atoms with E-state index in [9.17, 15) is 9.90 Å². The minimum Gasteiger partial charge on any atom is -0.388 e. The largest absolute Gasteiger partial charge is 0.388 e. The van der Waals surface area contributed by atoms with Crippen molar-refractivity contribution in [2.75, 3.05) is 6.54 Å². The molecule has 3 nitrogen and oxygen atoms in total. The maximum absolute atomic E-state index is 11.6. The number of aliphatic hydroxyl groups is 1. The zero-order valence-corrected chi connectivity index (χ0v) is 14.7. The Morgan fingerprint density at radius 3 is 2.26 bits per heavy atom. The highest BCUT2D eigenvalue weighted by Gasteiger charge is 2.18. The molecule has 0 saturated carbocycles. The van der Waals surface area contributed by atoms with Crippen LogP contribution in [-0.2, 0) is 4.79 Å². The second-order valence-electron chi connectivity index (χ2n) is 5.67. The number of hydrogen-bond donors (Lipinski definition) is 2. The number of rotatable bonds is 11. The highest BCUT2D eigenvalue weighted by atomic mass is 16.3. The van der Waals surface area contributed by atoms with Gasteiger partial charge in [-0.05, 0) is 33.1 Å². The lowest BCUT2D eigenvalue weighted by atomic mass is 10.0. The third kappa shape index (κ3) is 14.8. The first-order chi connectivity index (χ1) is 11.0. The van der Waals surface area contributed by atoms with Crippen LogP contribution in [0, 0.1) is 0 Å². The Morgan fingerprint density at radius 2 is 1.65 bits per heavy atom. The first-order valence-corrected chi connectivity index (χ1v) is 8.29. The summed E-state index contributed by atoms with van der Waals surface area (Å²) in [4.78, 5) is 11.6. The summed E-state index contributed by atoms with van der Waals surface area (Å²) in [7, 11) is 0. The van der Waals surface area contributed by atoms with Gasteiger partial charge in [0.05, 0.1) is 5.60 Å². The maximum Gasteiger partial charge on any atom is 0.244 e. The Labute approximate surface area is 141 Å². The van der Waals surface area contributed by atoms with E-state index >= 15 is 0 Å². The van der Waals surface area contributed by atoms with Crippen molar-refractivity contribution in [2.24, 2.45) is 0 Å². The summed E-state index contributed by atoms with van der Waals surface area (Å²) in [6.07, 6.45) is 22.7. The predicted octanol–water partition coefficient (Wildman–Crippen LogP) is 4.23. The quantitative estimate of drug-likeness (QED) is 0.340. The lowest BCUT2D eigenvalue weighted by Crippen LogP contribution is -2.39. The first-order valence-electron chi connectivity index (χ1n) is 8.29. The van der Waals surface area contributed by atoms with Crippen molar-refractivity contribution in [3.63, 3.8) is 0 Å². The standard InChI is InChI=1S/C20H31NO2/c1-4-6-7-8-9-10-11-12-13-14-15-16-19(22)21-18-20(3,23)17-5-2/h4,6-8,11-16,23H,5,9-10,17-18H2,1-3H3,(H,21,22). The third-order valence-corrected chi connectivity index (χ3v) is 3.09. The van der Waals surface area contributed by atoms with E-state index in [4.69, 9.17) is 0 Å². The van der Waals surface area contributed by atoms with Gasteiger partial charge in [0.2, 0.25) is 5.91 Å². The molecule has 0 aromatic rings. The van der Waals surface area contributed by atoms with Crippen LogP contribution in [0.1, 0.15) is 46.5 Å². The van der Waals surface area contributed by atoms with E-state index in [1.165, 1.54) is 6.08 Å². The minimum absolute atomic E-state index is 0.191. The van der Waals surface area contributed by atoms with Crippen molar-refractivity contribution in [2.45, 2.75) is 52.1 Å². The second kappa shape index (κ2) is 13.8. The monoisotopic (exact) mass is 317 g/mol. The van der Waals surface area contributed by atoms with E-state index in [0.717, 1.165) is 19.3 Å². The molecule has 1 atom stereocenters. The summed E-state index contributed by atoms with van der Waals surface area (Å²) >= 11 is 0. The van der Waals surface area contributed by atoms with E-state index in [0.29, 0.717) is 6.42 Å². The molecule has 0 aromatic carbocycles. The molecule has 23 heavy (non-hydrogen) atoms. The van der Waals surface area contributed by atoms with Gasteiger partial charge in [0, 0.05) is 12.6 Å². The van der Waals surface area contributed by atoms with Crippen LogP contribution in [0.3, 0.4) is 0 Å². The Hall–Kier alpha value is -1.87. The van der Waals surface area contributed by atoms with Crippen LogP contribution < -0.4 is 5.32 Å². The van der Waals surface area contributed by atoms with E-state index in [1.54, 1.807) is 13.0 Å². The molecule has 3 heteroatoms. The average Bonchev–Trinajstić information content (AvgIpc) is 2.50. The molecule has 2 N–H and O–H groups in total. The summed E-state index contributed by atoms with van der Waals surface area (Å²) in [6.45, 7) is 6.01. The zero-order chi connectivity index (χ0) is 17.4. The smallest absolute Gasteiger partial charge is 0.244 e. The lowest BCUT2D eigenvalue weighted by molar-refractivity contribution is -0.117. The third-order valence-electron chi connectivity index (χ3n) is 3.09. The van der Waals surface area contributed by atoms with Gasteiger partial charge < -0.3 is 10.4 Å². The summed E-state index contributed by atoms with van der Waals surface area (Å²) in [5.41, 5.74) is -0.835. The second-order valence-corrected chi connectivity index (χ2v) is 5.67. The van der Waals surface area contributed by atoms with Crippen LogP contribution in [0.5, 0.6) is 0 Å². The van der Waals surface area contributed by atoms with Gasteiger partial charge in [0.1, 0.15) is 0 Å². The number of nitrogens with one attached hydrogen (secondary N) is 1. The van der Waals surface area contributed by atoms with Crippen molar-refractivity contribution < 1.29 is 9.90 Å². The number of carbonyl (C=O) groups is 1. The molecule has 128 valence electrons. The van der Waals surface area contributed by atoms with Gasteiger partial charge in [0.15, 0.2) is 0 Å².